The van der Waals surface area contributed by atoms with Crippen LogP contribution < -0.4 is 10.5 Å². The molecule has 0 spiro atoms. The molecule has 0 fully saturated rings. The quantitative estimate of drug-likeness (QED) is 0.621. The number of hydrogen-bond donors (Lipinski definition) is 2. The first kappa shape index (κ1) is 9.43. The minimum absolute atomic E-state index is 0.162. The van der Waals surface area contributed by atoms with E-state index in [1.807, 2.05) is 0 Å². The smallest absolute Gasteiger partial charge is 0.138 e. The molecule has 3 N–H and O–H groups in total. The van der Waals surface area contributed by atoms with E-state index in [9.17, 15) is 0 Å². The van der Waals surface area contributed by atoms with E-state index in [0.29, 0.717) is 12.3 Å². The maximum atomic E-state index is 9.14. The van der Waals surface area contributed by atoms with E-state index in [2.05, 4.69) is 11.8 Å². The maximum absolute atomic E-state index is 9.14. The van der Waals surface area contributed by atoms with Crippen molar-refractivity contribution in [3.8, 4) is 23.3 Å². The number of aromatic hydroxyl groups is 1. The average Bonchev–Trinajstić information content (AvgIpc) is 2.16. The van der Waals surface area contributed by atoms with Crippen molar-refractivity contribution < 1.29 is 9.84 Å². The Balaban J connectivity index is 3.06. The predicted octanol–water partition coefficient (Wildman–Crippen LogP) is 0.711. The van der Waals surface area contributed by atoms with E-state index in [4.69, 9.17) is 15.6 Å². The summed E-state index contributed by atoms with van der Waals surface area (Å²) in [7, 11) is 1.53. The predicted molar refractivity (Wildman–Crippen MR) is 50.6 cm³/mol. The van der Waals surface area contributed by atoms with Crippen LogP contribution in [0.3, 0.4) is 0 Å². The first-order valence-corrected chi connectivity index (χ1v) is 3.84. The second-order valence-electron chi connectivity index (χ2n) is 2.39. The van der Waals surface area contributed by atoms with Crippen molar-refractivity contribution in [3.05, 3.63) is 23.8 Å². The molecule has 3 heteroatoms. The van der Waals surface area contributed by atoms with Crippen LogP contribution >= 0.6 is 0 Å². The molecule has 1 aromatic carbocycles. The van der Waals surface area contributed by atoms with E-state index in [-0.39, 0.29) is 5.75 Å². The van der Waals surface area contributed by atoms with E-state index in [0.717, 1.165) is 5.56 Å². The third-order valence-electron chi connectivity index (χ3n) is 1.51. The zero-order valence-electron chi connectivity index (χ0n) is 7.37. The largest absolute Gasteiger partial charge is 0.508 e. The zero-order chi connectivity index (χ0) is 9.68. The van der Waals surface area contributed by atoms with Gasteiger partial charge >= 0.3 is 0 Å². The highest BCUT2D eigenvalue weighted by Crippen LogP contribution is 2.22. The molecule has 0 bridgehead atoms. The first-order chi connectivity index (χ1) is 6.27. The number of nitrogens with two attached hydrogens (primary N) is 1. The Hall–Kier alpha value is -1.66. The lowest BCUT2D eigenvalue weighted by Gasteiger charge is -2.02. The molecule has 68 valence electrons. The number of phenolic OH excluding ortho intramolecular Hbond substituents is 1. The highest BCUT2D eigenvalue weighted by atomic mass is 16.5. The molecule has 0 radical (unpaired) electrons. The fourth-order valence-electron chi connectivity index (χ4n) is 0.929. The summed E-state index contributed by atoms with van der Waals surface area (Å²) in [6, 6.07) is 4.76. The lowest BCUT2D eigenvalue weighted by Crippen LogP contribution is -1.93. The van der Waals surface area contributed by atoms with Gasteiger partial charge in [0, 0.05) is 6.07 Å². The second kappa shape index (κ2) is 4.39. The molecule has 0 aliphatic rings. The summed E-state index contributed by atoms with van der Waals surface area (Å²) in [4.78, 5) is 0. The van der Waals surface area contributed by atoms with Crippen LogP contribution in [-0.2, 0) is 0 Å². The van der Waals surface area contributed by atoms with E-state index >= 15 is 0 Å². The van der Waals surface area contributed by atoms with Crippen LogP contribution in [0.25, 0.3) is 0 Å². The Bertz CT molecular complexity index is 350. The highest BCUT2D eigenvalue weighted by molar-refractivity contribution is 5.49. The molecule has 0 heterocycles. The summed E-state index contributed by atoms with van der Waals surface area (Å²) in [5.74, 6) is 6.27. The number of hydrogen-bond acceptors (Lipinski definition) is 3. The van der Waals surface area contributed by atoms with E-state index in [1.54, 1.807) is 12.1 Å². The number of benzene rings is 1. The van der Waals surface area contributed by atoms with Gasteiger partial charge in [-0.25, -0.2) is 0 Å². The third kappa shape index (κ3) is 2.39. The van der Waals surface area contributed by atoms with Gasteiger partial charge in [-0.15, -0.1) is 0 Å². The standard InChI is InChI=1S/C10H11NO2/c1-13-10-7-9(12)5-4-8(10)3-2-6-11/h4-5,7,12H,6,11H2,1H3. The molecule has 0 saturated heterocycles. The molecule has 0 saturated carbocycles. The van der Waals surface area contributed by atoms with Crippen molar-refractivity contribution in [2.75, 3.05) is 13.7 Å². The molecule has 0 unspecified atom stereocenters. The number of phenols is 1. The Morgan fingerprint density at radius 3 is 2.92 bits per heavy atom. The van der Waals surface area contributed by atoms with Gasteiger partial charge in [0.15, 0.2) is 0 Å². The lowest BCUT2D eigenvalue weighted by molar-refractivity contribution is 0.406. The van der Waals surface area contributed by atoms with Crippen LogP contribution in [0.4, 0.5) is 0 Å². The van der Waals surface area contributed by atoms with Gasteiger partial charge in [-0.3, -0.25) is 0 Å². The fraction of sp³-hybridized carbons (Fsp3) is 0.200. The van der Waals surface area contributed by atoms with Crippen molar-refractivity contribution >= 4 is 0 Å². The molecule has 1 rings (SSSR count). The summed E-state index contributed by atoms with van der Waals surface area (Å²) >= 11 is 0. The summed E-state index contributed by atoms with van der Waals surface area (Å²) in [6.07, 6.45) is 0. The van der Waals surface area contributed by atoms with Crippen LogP contribution in [-0.4, -0.2) is 18.8 Å². The number of rotatable bonds is 1. The molecular weight excluding hydrogens is 166 g/mol. The van der Waals surface area contributed by atoms with Gasteiger partial charge in [0.25, 0.3) is 0 Å². The van der Waals surface area contributed by atoms with E-state index in [1.165, 1.54) is 13.2 Å². The fourth-order valence-corrected chi connectivity index (χ4v) is 0.929. The van der Waals surface area contributed by atoms with Crippen molar-refractivity contribution in [3.63, 3.8) is 0 Å². The van der Waals surface area contributed by atoms with Crippen LogP contribution in [0.2, 0.25) is 0 Å². The molecule has 0 amide bonds. The van der Waals surface area contributed by atoms with Crippen molar-refractivity contribution in [1.29, 1.82) is 0 Å². The third-order valence-corrected chi connectivity index (χ3v) is 1.51. The van der Waals surface area contributed by atoms with E-state index < -0.39 is 0 Å². The van der Waals surface area contributed by atoms with Gasteiger partial charge in [-0.1, -0.05) is 11.8 Å². The molecule has 13 heavy (non-hydrogen) atoms. The Morgan fingerprint density at radius 2 is 2.31 bits per heavy atom. The van der Waals surface area contributed by atoms with Gasteiger partial charge in [0.05, 0.1) is 19.2 Å². The second-order valence-corrected chi connectivity index (χ2v) is 2.39. The summed E-state index contributed by atoms with van der Waals surface area (Å²) < 4.78 is 5.02. The minimum atomic E-state index is 0.162. The SMILES string of the molecule is COc1cc(O)ccc1C#CCN. The zero-order valence-corrected chi connectivity index (χ0v) is 7.37. The number of methoxy groups -OCH3 is 1. The van der Waals surface area contributed by atoms with Gasteiger partial charge in [0.2, 0.25) is 0 Å². The molecule has 0 atom stereocenters. The lowest BCUT2D eigenvalue weighted by atomic mass is 10.2. The first-order valence-electron chi connectivity index (χ1n) is 3.84. The van der Waals surface area contributed by atoms with Gasteiger partial charge in [-0.05, 0) is 12.1 Å². The Kier molecular flexibility index (Phi) is 3.18. The summed E-state index contributed by atoms with van der Waals surface area (Å²) in [5, 5.41) is 9.14. The van der Waals surface area contributed by atoms with Crippen molar-refractivity contribution in [2.24, 2.45) is 5.73 Å². The van der Waals surface area contributed by atoms with Gasteiger partial charge in [0.1, 0.15) is 11.5 Å². The molecule has 3 nitrogen and oxygen atoms in total. The van der Waals surface area contributed by atoms with Crippen LogP contribution in [0.5, 0.6) is 11.5 Å². The van der Waals surface area contributed by atoms with Crippen LogP contribution in [0, 0.1) is 11.8 Å². The number of ether oxygens (including phenoxy) is 1. The molecule has 0 aliphatic carbocycles. The average molecular weight is 177 g/mol. The summed E-state index contributed by atoms with van der Waals surface area (Å²) in [6.45, 7) is 0.310. The topological polar surface area (TPSA) is 55.5 Å². The molecule has 1 aromatic rings. The Labute approximate surface area is 77.1 Å². The maximum Gasteiger partial charge on any atom is 0.138 e. The molecular formula is C10H11NO2. The molecule has 0 aromatic heterocycles. The minimum Gasteiger partial charge on any atom is -0.508 e. The monoisotopic (exact) mass is 177 g/mol. The van der Waals surface area contributed by atoms with Crippen LogP contribution in [0.1, 0.15) is 5.56 Å². The normalized spacial score (nSPS) is 8.77. The van der Waals surface area contributed by atoms with Crippen LogP contribution in [0.15, 0.2) is 18.2 Å². The van der Waals surface area contributed by atoms with Crippen molar-refractivity contribution in [2.45, 2.75) is 0 Å². The summed E-state index contributed by atoms with van der Waals surface area (Å²) in [5.41, 5.74) is 5.96. The molecule has 0 aliphatic heterocycles. The Morgan fingerprint density at radius 1 is 1.54 bits per heavy atom. The highest BCUT2D eigenvalue weighted by Gasteiger charge is 1.99. The van der Waals surface area contributed by atoms with Crippen molar-refractivity contribution in [1.82, 2.24) is 0 Å². The van der Waals surface area contributed by atoms with Gasteiger partial charge in [-0.2, -0.15) is 0 Å². The van der Waals surface area contributed by atoms with Gasteiger partial charge < -0.3 is 15.6 Å².